The summed E-state index contributed by atoms with van der Waals surface area (Å²) < 4.78 is 0. The van der Waals surface area contributed by atoms with Crippen molar-refractivity contribution in [1.29, 1.82) is 0 Å². The predicted molar refractivity (Wildman–Crippen MR) is 100 cm³/mol. The van der Waals surface area contributed by atoms with Crippen molar-refractivity contribution >= 4 is 34.1 Å². The topological polar surface area (TPSA) is 91.1 Å². The minimum absolute atomic E-state index is 0.0387. The van der Waals surface area contributed by atoms with Crippen LogP contribution in [-0.4, -0.2) is 16.8 Å². The lowest BCUT2D eigenvalue weighted by atomic mass is 10.1. The highest BCUT2D eigenvalue weighted by Crippen LogP contribution is 2.30. The van der Waals surface area contributed by atoms with Gasteiger partial charge < -0.3 is 15.6 Å². The quantitative estimate of drug-likeness (QED) is 0.677. The number of hydrogen-bond donors (Lipinski definition) is 3. The standard InChI is InChI=1S/C20H17N3O3/c24-18-11-16(15-3-1-2-4-17(15)23-18)20(26)22-14-9-7-13(8-10-14)21-19(25)12-5-6-12/h1-4,7-12H,5-6H2,(H,21,25)(H,22,26)(H,23,24). The Morgan fingerprint density at radius 2 is 1.58 bits per heavy atom. The van der Waals surface area contributed by atoms with Gasteiger partial charge in [-0.05, 0) is 43.2 Å². The SMILES string of the molecule is O=C(Nc1ccc(NC(=O)C2CC2)cc1)c1cc(=O)[nH]c2ccccc12. The molecule has 3 aromatic rings. The lowest BCUT2D eigenvalue weighted by Gasteiger charge is -2.09. The minimum atomic E-state index is -0.359. The molecule has 6 nitrogen and oxygen atoms in total. The number of H-pyrrole nitrogens is 1. The number of rotatable bonds is 4. The number of carbonyl (C=O) groups is 2. The fourth-order valence-electron chi connectivity index (χ4n) is 2.82. The summed E-state index contributed by atoms with van der Waals surface area (Å²) in [6.45, 7) is 0. The molecule has 1 aliphatic carbocycles. The fraction of sp³-hybridized carbons (Fsp3) is 0.150. The summed E-state index contributed by atoms with van der Waals surface area (Å²) in [5.41, 5.74) is 1.89. The molecule has 1 fully saturated rings. The van der Waals surface area contributed by atoms with E-state index in [0.29, 0.717) is 27.8 Å². The van der Waals surface area contributed by atoms with Gasteiger partial charge in [0.25, 0.3) is 5.91 Å². The van der Waals surface area contributed by atoms with Gasteiger partial charge in [-0.3, -0.25) is 14.4 Å². The van der Waals surface area contributed by atoms with Crippen molar-refractivity contribution in [3.8, 4) is 0 Å². The summed E-state index contributed by atoms with van der Waals surface area (Å²) in [5, 5.41) is 6.32. The summed E-state index contributed by atoms with van der Waals surface area (Å²) in [6, 6.07) is 15.4. The molecule has 0 saturated heterocycles. The van der Waals surface area contributed by atoms with Crippen LogP contribution < -0.4 is 16.2 Å². The van der Waals surface area contributed by atoms with Crippen molar-refractivity contribution in [3.63, 3.8) is 0 Å². The van der Waals surface area contributed by atoms with Crippen LogP contribution in [0.1, 0.15) is 23.2 Å². The average Bonchev–Trinajstić information content (AvgIpc) is 3.48. The Balaban J connectivity index is 1.53. The maximum absolute atomic E-state index is 12.6. The van der Waals surface area contributed by atoms with E-state index in [2.05, 4.69) is 15.6 Å². The van der Waals surface area contributed by atoms with Crippen molar-refractivity contribution in [2.75, 3.05) is 10.6 Å². The van der Waals surface area contributed by atoms with Gasteiger partial charge in [-0.25, -0.2) is 0 Å². The highest BCUT2D eigenvalue weighted by molar-refractivity contribution is 6.12. The van der Waals surface area contributed by atoms with E-state index in [1.54, 1.807) is 42.5 Å². The second kappa shape index (κ2) is 6.48. The number of anilines is 2. The summed E-state index contributed by atoms with van der Waals surface area (Å²) in [5.74, 6) is -0.183. The zero-order chi connectivity index (χ0) is 18.1. The Labute approximate surface area is 149 Å². The summed E-state index contributed by atoms with van der Waals surface area (Å²) in [7, 11) is 0. The van der Waals surface area contributed by atoms with E-state index in [1.807, 2.05) is 6.07 Å². The molecule has 1 heterocycles. The molecule has 1 saturated carbocycles. The number of para-hydroxylation sites is 1. The van der Waals surface area contributed by atoms with E-state index in [-0.39, 0.29) is 23.3 Å². The van der Waals surface area contributed by atoms with Crippen molar-refractivity contribution < 1.29 is 9.59 Å². The van der Waals surface area contributed by atoms with Crippen LogP contribution in [0.25, 0.3) is 10.9 Å². The van der Waals surface area contributed by atoms with Gasteiger partial charge in [-0.2, -0.15) is 0 Å². The molecule has 4 rings (SSSR count). The number of carbonyl (C=O) groups excluding carboxylic acids is 2. The van der Waals surface area contributed by atoms with Crippen LogP contribution >= 0.6 is 0 Å². The van der Waals surface area contributed by atoms with E-state index in [4.69, 9.17) is 0 Å². The first-order valence-electron chi connectivity index (χ1n) is 8.44. The van der Waals surface area contributed by atoms with Crippen molar-refractivity contribution in [3.05, 3.63) is 70.5 Å². The van der Waals surface area contributed by atoms with Crippen molar-refractivity contribution in [2.24, 2.45) is 5.92 Å². The summed E-state index contributed by atoms with van der Waals surface area (Å²) in [4.78, 5) is 38.9. The van der Waals surface area contributed by atoms with Crippen LogP contribution in [0.2, 0.25) is 0 Å². The third-order valence-electron chi connectivity index (χ3n) is 4.35. The molecule has 2 aromatic carbocycles. The number of aromatic nitrogens is 1. The normalized spacial score (nSPS) is 13.4. The van der Waals surface area contributed by atoms with E-state index in [9.17, 15) is 14.4 Å². The van der Waals surface area contributed by atoms with Gasteiger partial charge in [0, 0.05) is 34.3 Å². The molecule has 1 aromatic heterocycles. The molecule has 130 valence electrons. The van der Waals surface area contributed by atoms with Gasteiger partial charge in [-0.15, -0.1) is 0 Å². The Morgan fingerprint density at radius 1 is 0.923 bits per heavy atom. The Kier molecular flexibility index (Phi) is 4.01. The Bertz CT molecular complexity index is 1050. The lowest BCUT2D eigenvalue weighted by molar-refractivity contribution is -0.117. The smallest absolute Gasteiger partial charge is 0.256 e. The maximum atomic E-state index is 12.6. The Hall–Kier alpha value is -3.41. The first kappa shape index (κ1) is 16.1. The van der Waals surface area contributed by atoms with Crippen LogP contribution in [-0.2, 0) is 4.79 Å². The first-order chi connectivity index (χ1) is 12.6. The number of benzene rings is 2. The van der Waals surface area contributed by atoms with Crippen LogP contribution in [0, 0.1) is 5.92 Å². The second-order valence-electron chi connectivity index (χ2n) is 6.39. The van der Waals surface area contributed by atoms with Gasteiger partial charge in [-0.1, -0.05) is 18.2 Å². The zero-order valence-electron chi connectivity index (χ0n) is 13.9. The molecule has 26 heavy (non-hydrogen) atoms. The molecule has 0 aliphatic heterocycles. The van der Waals surface area contributed by atoms with Gasteiger partial charge in [0.1, 0.15) is 0 Å². The van der Waals surface area contributed by atoms with Gasteiger partial charge in [0.05, 0.1) is 5.56 Å². The molecule has 6 heteroatoms. The second-order valence-corrected chi connectivity index (χ2v) is 6.39. The third-order valence-corrected chi connectivity index (χ3v) is 4.35. The van der Waals surface area contributed by atoms with E-state index < -0.39 is 0 Å². The molecule has 0 atom stereocenters. The van der Waals surface area contributed by atoms with Crippen molar-refractivity contribution in [2.45, 2.75) is 12.8 Å². The molecule has 0 unspecified atom stereocenters. The highest BCUT2D eigenvalue weighted by atomic mass is 16.2. The molecule has 0 spiro atoms. The lowest BCUT2D eigenvalue weighted by Crippen LogP contribution is -2.17. The minimum Gasteiger partial charge on any atom is -0.326 e. The highest BCUT2D eigenvalue weighted by Gasteiger charge is 2.29. The third kappa shape index (κ3) is 3.35. The summed E-state index contributed by atoms with van der Waals surface area (Å²) >= 11 is 0. The van der Waals surface area contributed by atoms with Crippen LogP contribution in [0.15, 0.2) is 59.4 Å². The fourth-order valence-corrected chi connectivity index (χ4v) is 2.82. The van der Waals surface area contributed by atoms with Gasteiger partial charge in [0.15, 0.2) is 0 Å². The van der Waals surface area contributed by atoms with Gasteiger partial charge in [0.2, 0.25) is 11.5 Å². The average molecular weight is 347 g/mol. The molecule has 3 N–H and O–H groups in total. The van der Waals surface area contributed by atoms with Crippen molar-refractivity contribution in [1.82, 2.24) is 4.98 Å². The van der Waals surface area contributed by atoms with Crippen LogP contribution in [0.3, 0.4) is 0 Å². The van der Waals surface area contributed by atoms with E-state index in [1.165, 1.54) is 6.07 Å². The molecular formula is C20H17N3O3. The summed E-state index contributed by atoms with van der Waals surface area (Å²) in [6.07, 6.45) is 1.90. The monoisotopic (exact) mass is 347 g/mol. The number of fused-ring (bicyclic) bond motifs is 1. The molecule has 0 radical (unpaired) electrons. The number of amides is 2. The number of hydrogen-bond acceptors (Lipinski definition) is 3. The van der Waals surface area contributed by atoms with E-state index >= 15 is 0 Å². The molecule has 2 amide bonds. The van der Waals surface area contributed by atoms with Gasteiger partial charge >= 0.3 is 0 Å². The number of nitrogens with one attached hydrogen (secondary N) is 3. The van der Waals surface area contributed by atoms with Crippen LogP contribution in [0.5, 0.6) is 0 Å². The maximum Gasteiger partial charge on any atom is 0.256 e. The zero-order valence-corrected chi connectivity index (χ0v) is 13.9. The number of aromatic amines is 1. The molecule has 1 aliphatic rings. The number of pyridine rings is 1. The largest absolute Gasteiger partial charge is 0.326 e. The van der Waals surface area contributed by atoms with Crippen LogP contribution in [0.4, 0.5) is 11.4 Å². The Morgan fingerprint density at radius 3 is 2.27 bits per heavy atom. The molecular weight excluding hydrogens is 330 g/mol. The molecule has 0 bridgehead atoms. The predicted octanol–water partition coefficient (Wildman–Crippen LogP) is 3.13. The first-order valence-corrected chi connectivity index (χ1v) is 8.44. The van der Waals surface area contributed by atoms with E-state index in [0.717, 1.165) is 12.8 Å².